The van der Waals surface area contributed by atoms with Crippen LogP contribution in [-0.4, -0.2) is 17.3 Å². The molecule has 1 heterocycles. The van der Waals surface area contributed by atoms with E-state index in [1.54, 1.807) is 11.3 Å². The Hall–Kier alpha value is -0.350. The first-order chi connectivity index (χ1) is 7.54. The molecule has 4 heteroatoms. The smallest absolute Gasteiger partial charge is 0.252 e. The molecule has 0 fully saturated rings. The molecule has 90 valence electrons. The minimum absolute atomic E-state index is 0.0452. The molecule has 0 radical (unpaired) electrons. The largest absolute Gasteiger partial charge is 0.348 e. The SMILES string of the molecule is Cc1cscc1C(=O)NC(CBr)CC(C)C. The van der Waals surface area contributed by atoms with Gasteiger partial charge in [0.25, 0.3) is 5.91 Å². The first kappa shape index (κ1) is 13.7. The highest BCUT2D eigenvalue weighted by Gasteiger charge is 2.15. The number of halogens is 1. The molecule has 1 rings (SSSR count). The second kappa shape index (κ2) is 6.40. The van der Waals surface area contributed by atoms with E-state index in [1.807, 2.05) is 17.7 Å². The van der Waals surface area contributed by atoms with E-state index in [2.05, 4.69) is 35.1 Å². The lowest BCUT2D eigenvalue weighted by atomic mass is 10.0. The molecule has 0 bridgehead atoms. The molecule has 1 atom stereocenters. The minimum Gasteiger partial charge on any atom is -0.348 e. The molecule has 2 nitrogen and oxygen atoms in total. The molecule has 1 unspecified atom stereocenters. The number of nitrogens with one attached hydrogen (secondary N) is 1. The first-order valence-corrected chi connectivity index (χ1v) is 7.50. The van der Waals surface area contributed by atoms with Gasteiger partial charge in [-0.15, -0.1) is 0 Å². The van der Waals surface area contributed by atoms with Crippen molar-refractivity contribution in [3.05, 3.63) is 21.9 Å². The second-order valence-corrected chi connectivity index (χ2v) is 5.81. The first-order valence-electron chi connectivity index (χ1n) is 5.44. The van der Waals surface area contributed by atoms with Crippen LogP contribution >= 0.6 is 27.3 Å². The number of amides is 1. The standard InChI is InChI=1S/C12H18BrNOS/c1-8(2)4-10(5-13)14-12(15)11-7-16-6-9(11)3/h6-8,10H,4-5H2,1-3H3,(H,14,15). The predicted molar refractivity (Wildman–Crippen MR) is 73.6 cm³/mol. The van der Waals surface area contributed by atoms with Crippen LogP contribution in [-0.2, 0) is 0 Å². The molecule has 1 N–H and O–H groups in total. The summed E-state index contributed by atoms with van der Waals surface area (Å²) in [7, 11) is 0. The normalized spacial score (nSPS) is 12.8. The van der Waals surface area contributed by atoms with Gasteiger partial charge in [-0.05, 0) is 30.2 Å². The lowest BCUT2D eigenvalue weighted by Crippen LogP contribution is -2.37. The van der Waals surface area contributed by atoms with Crippen molar-refractivity contribution in [3.63, 3.8) is 0 Å². The highest BCUT2D eigenvalue weighted by Crippen LogP contribution is 2.14. The van der Waals surface area contributed by atoms with Gasteiger partial charge >= 0.3 is 0 Å². The zero-order chi connectivity index (χ0) is 12.1. The van der Waals surface area contributed by atoms with Gasteiger partial charge in [0.1, 0.15) is 0 Å². The predicted octanol–water partition coefficient (Wildman–Crippen LogP) is 3.60. The van der Waals surface area contributed by atoms with Gasteiger partial charge in [0.05, 0.1) is 5.56 Å². The lowest BCUT2D eigenvalue weighted by molar-refractivity contribution is 0.0937. The number of hydrogen-bond acceptors (Lipinski definition) is 2. The summed E-state index contributed by atoms with van der Waals surface area (Å²) in [5.41, 5.74) is 1.86. The molecule has 0 aromatic carbocycles. The van der Waals surface area contributed by atoms with Gasteiger partial charge in [-0.3, -0.25) is 4.79 Å². The monoisotopic (exact) mass is 303 g/mol. The Morgan fingerprint density at radius 2 is 2.19 bits per heavy atom. The third kappa shape index (κ3) is 3.91. The van der Waals surface area contributed by atoms with Crippen molar-refractivity contribution in [2.45, 2.75) is 33.2 Å². The van der Waals surface area contributed by atoms with Gasteiger partial charge in [0, 0.05) is 16.8 Å². The molecular weight excluding hydrogens is 286 g/mol. The summed E-state index contributed by atoms with van der Waals surface area (Å²) < 4.78 is 0. The molecule has 0 spiro atoms. The van der Waals surface area contributed by atoms with Crippen molar-refractivity contribution in [2.75, 3.05) is 5.33 Å². The van der Waals surface area contributed by atoms with E-state index in [-0.39, 0.29) is 11.9 Å². The number of carbonyl (C=O) groups is 1. The van der Waals surface area contributed by atoms with Crippen LogP contribution in [0.1, 0.15) is 36.2 Å². The van der Waals surface area contributed by atoms with Gasteiger partial charge in [-0.1, -0.05) is 29.8 Å². The fourth-order valence-corrected chi connectivity index (χ4v) is 2.84. The minimum atomic E-state index is 0.0452. The van der Waals surface area contributed by atoms with E-state index in [0.29, 0.717) is 5.92 Å². The Morgan fingerprint density at radius 1 is 1.50 bits per heavy atom. The fourth-order valence-electron chi connectivity index (χ4n) is 1.59. The summed E-state index contributed by atoms with van der Waals surface area (Å²) in [4.78, 5) is 12.0. The summed E-state index contributed by atoms with van der Waals surface area (Å²) in [5.74, 6) is 0.635. The fraction of sp³-hybridized carbons (Fsp3) is 0.583. The van der Waals surface area contributed by atoms with Gasteiger partial charge in [-0.25, -0.2) is 0 Å². The second-order valence-electron chi connectivity index (χ2n) is 4.42. The Morgan fingerprint density at radius 3 is 2.62 bits per heavy atom. The maximum atomic E-state index is 12.0. The third-order valence-electron chi connectivity index (χ3n) is 2.38. The Balaban J connectivity index is 2.59. The van der Waals surface area contributed by atoms with Crippen molar-refractivity contribution in [1.29, 1.82) is 0 Å². The number of rotatable bonds is 5. The van der Waals surface area contributed by atoms with E-state index < -0.39 is 0 Å². The summed E-state index contributed by atoms with van der Waals surface area (Å²) >= 11 is 5.01. The number of alkyl halides is 1. The molecule has 1 amide bonds. The summed E-state index contributed by atoms with van der Waals surface area (Å²) in [6.45, 7) is 6.30. The van der Waals surface area contributed by atoms with Gasteiger partial charge in [0.15, 0.2) is 0 Å². The molecular formula is C12H18BrNOS. The summed E-state index contributed by atoms with van der Waals surface area (Å²) in [5, 5.41) is 7.78. The van der Waals surface area contributed by atoms with Crippen molar-refractivity contribution in [2.24, 2.45) is 5.92 Å². The topological polar surface area (TPSA) is 29.1 Å². The molecule has 0 aliphatic rings. The maximum absolute atomic E-state index is 12.0. The van der Waals surface area contributed by atoms with Crippen LogP contribution in [0.25, 0.3) is 0 Å². The van der Waals surface area contributed by atoms with Crippen molar-refractivity contribution in [3.8, 4) is 0 Å². The lowest BCUT2D eigenvalue weighted by Gasteiger charge is -2.18. The number of carbonyl (C=O) groups excluding carboxylic acids is 1. The van der Waals surface area contributed by atoms with E-state index >= 15 is 0 Å². The molecule has 0 aliphatic heterocycles. The molecule has 1 aromatic heterocycles. The van der Waals surface area contributed by atoms with Crippen LogP contribution in [0.2, 0.25) is 0 Å². The van der Waals surface area contributed by atoms with Crippen molar-refractivity contribution < 1.29 is 4.79 Å². The van der Waals surface area contributed by atoms with Crippen LogP contribution < -0.4 is 5.32 Å². The van der Waals surface area contributed by atoms with Crippen LogP contribution in [0, 0.1) is 12.8 Å². The highest BCUT2D eigenvalue weighted by molar-refractivity contribution is 9.09. The average molecular weight is 304 g/mol. The van der Waals surface area contributed by atoms with Gasteiger partial charge < -0.3 is 5.32 Å². The molecule has 0 saturated heterocycles. The van der Waals surface area contributed by atoms with Crippen molar-refractivity contribution in [1.82, 2.24) is 5.32 Å². The van der Waals surface area contributed by atoms with Gasteiger partial charge in [0.2, 0.25) is 0 Å². The molecule has 1 aromatic rings. The zero-order valence-corrected chi connectivity index (χ0v) is 12.3. The van der Waals surface area contributed by atoms with Crippen LogP contribution in [0.15, 0.2) is 10.8 Å². The summed E-state index contributed by atoms with van der Waals surface area (Å²) in [6.07, 6.45) is 1.00. The highest BCUT2D eigenvalue weighted by atomic mass is 79.9. The molecule has 0 saturated carbocycles. The summed E-state index contributed by atoms with van der Waals surface area (Å²) in [6, 6.07) is 0.215. The number of thiophene rings is 1. The van der Waals surface area contributed by atoms with Gasteiger partial charge in [-0.2, -0.15) is 11.3 Å². The Kier molecular flexibility index (Phi) is 5.49. The zero-order valence-electron chi connectivity index (χ0n) is 9.92. The number of hydrogen-bond donors (Lipinski definition) is 1. The Labute approximate surface area is 110 Å². The quantitative estimate of drug-likeness (QED) is 0.828. The van der Waals surface area contributed by atoms with Crippen LogP contribution in [0.4, 0.5) is 0 Å². The third-order valence-corrected chi connectivity index (χ3v) is 4.02. The number of aryl methyl sites for hydroxylation is 1. The van der Waals surface area contributed by atoms with Crippen LogP contribution in [0.3, 0.4) is 0 Å². The maximum Gasteiger partial charge on any atom is 0.252 e. The average Bonchev–Trinajstić information content (AvgIpc) is 2.62. The van der Waals surface area contributed by atoms with E-state index in [1.165, 1.54) is 0 Å². The van der Waals surface area contributed by atoms with Crippen LogP contribution in [0.5, 0.6) is 0 Å². The van der Waals surface area contributed by atoms with E-state index in [0.717, 1.165) is 22.9 Å². The van der Waals surface area contributed by atoms with E-state index in [4.69, 9.17) is 0 Å². The Bertz CT molecular complexity index is 349. The van der Waals surface area contributed by atoms with E-state index in [9.17, 15) is 4.79 Å². The molecule has 0 aliphatic carbocycles. The molecule has 16 heavy (non-hydrogen) atoms. The van der Waals surface area contributed by atoms with Crippen molar-refractivity contribution >= 4 is 33.2 Å².